The molecule has 6 nitrogen and oxygen atoms in total. The largest absolute Gasteiger partial charge is 0.348 e. The number of urea groups is 1. The van der Waals surface area contributed by atoms with Crippen LogP contribution < -0.4 is 10.6 Å². The van der Waals surface area contributed by atoms with Crippen LogP contribution in [0.4, 0.5) is 4.79 Å². The number of carbonyl (C=O) groups excluding carboxylic acids is 2. The summed E-state index contributed by atoms with van der Waals surface area (Å²) in [6, 6.07) is 4.87. The average Bonchev–Trinajstić information content (AvgIpc) is 3.28. The van der Waals surface area contributed by atoms with Gasteiger partial charge in [0.15, 0.2) is 0 Å². The minimum absolute atomic E-state index is 0.0284. The standard InChI is InChI=1S/C18H26N4O2S/c1-12-14-5-4-8-21(14)9-10-22(12)16(23)7-3-2-6-15-17-13(11-25-15)19-18(24)20-17/h4-5,8,12-13,15,17H,2-3,6-7,9-11H2,1H3,(H2,19,20,24)/t12?,13-,15-,17-/m0/s1. The lowest BCUT2D eigenvalue weighted by atomic mass is 10.0. The number of aromatic nitrogens is 1. The van der Waals surface area contributed by atoms with E-state index >= 15 is 0 Å². The van der Waals surface area contributed by atoms with Crippen LogP contribution in [0, 0.1) is 0 Å². The molecule has 2 fully saturated rings. The molecule has 4 rings (SSSR count). The van der Waals surface area contributed by atoms with Gasteiger partial charge in [0.2, 0.25) is 5.91 Å². The summed E-state index contributed by atoms with van der Waals surface area (Å²) in [5.41, 5.74) is 1.23. The fourth-order valence-corrected chi connectivity index (χ4v) is 5.87. The number of thioether (sulfide) groups is 1. The van der Waals surface area contributed by atoms with Gasteiger partial charge in [-0.3, -0.25) is 4.79 Å². The highest BCUT2D eigenvalue weighted by Crippen LogP contribution is 2.33. The molecule has 2 saturated heterocycles. The maximum Gasteiger partial charge on any atom is 0.315 e. The number of nitrogens with one attached hydrogen (secondary N) is 2. The van der Waals surface area contributed by atoms with E-state index in [0.717, 1.165) is 38.1 Å². The summed E-state index contributed by atoms with van der Waals surface area (Å²) in [6.07, 6.45) is 5.76. The molecule has 136 valence electrons. The number of rotatable bonds is 5. The van der Waals surface area contributed by atoms with Crippen LogP contribution >= 0.6 is 11.8 Å². The van der Waals surface area contributed by atoms with Crippen LogP contribution in [0.1, 0.15) is 44.3 Å². The summed E-state index contributed by atoms with van der Waals surface area (Å²) in [5.74, 6) is 1.27. The Kier molecular flexibility index (Phi) is 4.67. The van der Waals surface area contributed by atoms with Gasteiger partial charge in [-0.1, -0.05) is 6.42 Å². The van der Waals surface area contributed by atoms with Gasteiger partial charge in [0.05, 0.1) is 18.1 Å². The molecule has 0 spiro atoms. The zero-order valence-electron chi connectivity index (χ0n) is 14.6. The van der Waals surface area contributed by atoms with Crippen molar-refractivity contribution in [1.82, 2.24) is 20.1 Å². The van der Waals surface area contributed by atoms with Crippen LogP contribution in [0.2, 0.25) is 0 Å². The minimum atomic E-state index is -0.0284. The lowest BCUT2D eigenvalue weighted by Crippen LogP contribution is -2.40. The fourth-order valence-electron chi connectivity index (χ4n) is 4.33. The molecule has 3 aliphatic rings. The number of hydrogen-bond acceptors (Lipinski definition) is 3. The summed E-state index contributed by atoms with van der Waals surface area (Å²) in [6.45, 7) is 3.82. The third-order valence-corrected chi connectivity index (χ3v) is 7.24. The second-order valence-corrected chi connectivity index (χ2v) is 8.53. The van der Waals surface area contributed by atoms with Crippen LogP contribution in [0.15, 0.2) is 18.3 Å². The third-order valence-electron chi connectivity index (χ3n) is 5.73. The van der Waals surface area contributed by atoms with Gasteiger partial charge in [-0.15, -0.1) is 0 Å². The van der Waals surface area contributed by atoms with E-state index < -0.39 is 0 Å². The van der Waals surface area contributed by atoms with Crippen LogP contribution in [0.5, 0.6) is 0 Å². The molecule has 0 saturated carbocycles. The maximum atomic E-state index is 12.6. The van der Waals surface area contributed by atoms with Crippen molar-refractivity contribution in [2.24, 2.45) is 0 Å². The number of hydrogen-bond donors (Lipinski definition) is 2. The first-order chi connectivity index (χ1) is 12.1. The van der Waals surface area contributed by atoms with Gasteiger partial charge in [-0.25, -0.2) is 4.79 Å². The molecule has 25 heavy (non-hydrogen) atoms. The van der Waals surface area contributed by atoms with Gasteiger partial charge in [-0.2, -0.15) is 11.8 Å². The van der Waals surface area contributed by atoms with Crippen molar-refractivity contribution < 1.29 is 9.59 Å². The number of nitrogens with zero attached hydrogens (tertiary/aromatic N) is 2. The monoisotopic (exact) mass is 362 g/mol. The summed E-state index contributed by atoms with van der Waals surface area (Å²) in [5, 5.41) is 6.49. The van der Waals surface area contributed by atoms with E-state index in [0.29, 0.717) is 11.7 Å². The molecule has 4 heterocycles. The van der Waals surface area contributed by atoms with Gasteiger partial charge in [-0.05, 0) is 31.9 Å². The van der Waals surface area contributed by atoms with Crippen molar-refractivity contribution in [2.75, 3.05) is 12.3 Å². The molecule has 1 aromatic heterocycles. The van der Waals surface area contributed by atoms with Crippen LogP contribution in [-0.4, -0.2) is 51.0 Å². The Bertz CT molecular complexity index is 661. The van der Waals surface area contributed by atoms with E-state index in [9.17, 15) is 9.59 Å². The predicted octanol–water partition coefficient (Wildman–Crippen LogP) is 2.12. The first-order valence-corrected chi connectivity index (χ1v) is 10.3. The number of unbranched alkanes of at least 4 members (excludes halogenated alkanes) is 1. The van der Waals surface area contributed by atoms with Gasteiger partial charge in [0.25, 0.3) is 0 Å². The minimum Gasteiger partial charge on any atom is -0.348 e. The third kappa shape index (κ3) is 3.26. The van der Waals surface area contributed by atoms with Crippen molar-refractivity contribution >= 4 is 23.7 Å². The zero-order valence-corrected chi connectivity index (χ0v) is 15.4. The van der Waals surface area contributed by atoms with Crippen LogP contribution in [0.25, 0.3) is 0 Å². The van der Waals surface area contributed by atoms with Crippen molar-refractivity contribution in [3.05, 3.63) is 24.0 Å². The Morgan fingerprint density at radius 3 is 3.08 bits per heavy atom. The van der Waals surface area contributed by atoms with Crippen molar-refractivity contribution in [1.29, 1.82) is 0 Å². The smallest absolute Gasteiger partial charge is 0.315 e. The van der Waals surface area contributed by atoms with Gasteiger partial charge in [0, 0.05) is 42.4 Å². The quantitative estimate of drug-likeness (QED) is 0.623. The lowest BCUT2D eigenvalue weighted by molar-refractivity contribution is -0.134. The molecule has 0 radical (unpaired) electrons. The molecule has 7 heteroatoms. The Morgan fingerprint density at radius 1 is 1.32 bits per heavy atom. The Morgan fingerprint density at radius 2 is 2.20 bits per heavy atom. The second kappa shape index (κ2) is 6.94. The van der Waals surface area contributed by atoms with Gasteiger partial charge in [0.1, 0.15) is 0 Å². The van der Waals surface area contributed by atoms with E-state index in [4.69, 9.17) is 0 Å². The van der Waals surface area contributed by atoms with E-state index in [2.05, 4.69) is 40.5 Å². The van der Waals surface area contributed by atoms with Crippen molar-refractivity contribution in [2.45, 2.75) is 62.5 Å². The van der Waals surface area contributed by atoms with E-state index in [1.165, 1.54) is 5.69 Å². The Labute approximate surface area is 152 Å². The van der Waals surface area contributed by atoms with E-state index in [1.54, 1.807) is 0 Å². The molecule has 0 bridgehead atoms. The molecule has 0 aromatic carbocycles. The lowest BCUT2D eigenvalue weighted by Gasteiger charge is -2.35. The highest BCUT2D eigenvalue weighted by molar-refractivity contribution is 8.00. The Balaban J connectivity index is 1.22. The molecule has 2 N–H and O–H groups in total. The molecule has 0 aliphatic carbocycles. The first kappa shape index (κ1) is 16.8. The highest BCUT2D eigenvalue weighted by atomic mass is 32.2. The normalized spacial score (nSPS) is 30.6. The number of carbonyl (C=O) groups is 2. The summed E-state index contributed by atoms with van der Waals surface area (Å²) < 4.78 is 2.24. The topological polar surface area (TPSA) is 66.4 Å². The number of amides is 3. The molecular formula is C18H26N4O2S. The molecule has 3 aliphatic heterocycles. The van der Waals surface area contributed by atoms with Crippen molar-refractivity contribution in [3.8, 4) is 0 Å². The number of fused-ring (bicyclic) bond motifs is 2. The van der Waals surface area contributed by atoms with E-state index in [1.807, 2.05) is 16.7 Å². The summed E-state index contributed by atoms with van der Waals surface area (Å²) >= 11 is 1.94. The predicted molar refractivity (Wildman–Crippen MR) is 98.5 cm³/mol. The first-order valence-electron chi connectivity index (χ1n) is 9.26. The van der Waals surface area contributed by atoms with E-state index in [-0.39, 0.29) is 30.1 Å². The SMILES string of the molecule is CC1c2cccn2CCN1C(=O)CCCC[C@@H]1SC[C@@H]2NC(=O)N[C@@H]21. The van der Waals surface area contributed by atoms with Gasteiger partial charge >= 0.3 is 6.03 Å². The summed E-state index contributed by atoms with van der Waals surface area (Å²) in [4.78, 5) is 26.0. The average molecular weight is 362 g/mol. The Hall–Kier alpha value is -1.63. The molecular weight excluding hydrogens is 336 g/mol. The molecule has 3 amide bonds. The maximum absolute atomic E-state index is 12.6. The van der Waals surface area contributed by atoms with Crippen LogP contribution in [0.3, 0.4) is 0 Å². The van der Waals surface area contributed by atoms with Gasteiger partial charge < -0.3 is 20.1 Å². The molecule has 4 atom stereocenters. The van der Waals surface area contributed by atoms with Crippen LogP contribution in [-0.2, 0) is 11.3 Å². The summed E-state index contributed by atoms with van der Waals surface area (Å²) in [7, 11) is 0. The fraction of sp³-hybridized carbons (Fsp3) is 0.667. The zero-order chi connectivity index (χ0) is 17.4. The molecule has 1 aromatic rings. The second-order valence-electron chi connectivity index (χ2n) is 7.26. The van der Waals surface area contributed by atoms with Crippen molar-refractivity contribution in [3.63, 3.8) is 0 Å². The molecule has 1 unspecified atom stereocenters. The highest BCUT2D eigenvalue weighted by Gasteiger charge is 2.42.